The van der Waals surface area contributed by atoms with Crippen LogP contribution in [0.5, 0.6) is 11.5 Å². The zero-order valence-electron chi connectivity index (χ0n) is 83.4. The van der Waals surface area contributed by atoms with E-state index in [1.165, 1.54) is 62.3 Å². The highest BCUT2D eigenvalue weighted by Crippen LogP contribution is 2.43. The highest BCUT2D eigenvalue weighted by Gasteiger charge is 2.51. The molecule has 7 unspecified atom stereocenters. The van der Waals surface area contributed by atoms with Crippen LogP contribution in [0.4, 0.5) is 0 Å². The van der Waals surface area contributed by atoms with Gasteiger partial charge >= 0.3 is 41.8 Å². The Morgan fingerprint density at radius 3 is 1.17 bits per heavy atom. The molecular weight excluding hydrogens is 1900 g/mol. The number of methoxy groups -OCH3 is 2. The first-order valence-corrected chi connectivity index (χ1v) is 51.3. The summed E-state index contributed by atoms with van der Waals surface area (Å²) in [5.74, 6) is -7.84. The van der Waals surface area contributed by atoms with Crippen molar-refractivity contribution in [2.45, 2.75) is 297 Å². The van der Waals surface area contributed by atoms with Crippen LogP contribution in [0.25, 0.3) is 0 Å². The molecule has 3 fully saturated rings. The van der Waals surface area contributed by atoms with Crippen molar-refractivity contribution in [3.8, 4) is 11.5 Å². The third kappa shape index (κ3) is 43.0. The number of hydrogen-bond acceptors (Lipinski definition) is 34. The van der Waals surface area contributed by atoms with Crippen LogP contribution in [0.3, 0.4) is 0 Å². The summed E-state index contributed by atoms with van der Waals surface area (Å²) in [5, 5.41) is 14.3. The first kappa shape index (κ1) is 119. The smallest absolute Gasteiger partial charge is 0.306 e. The van der Waals surface area contributed by atoms with E-state index in [2.05, 4.69) is 39.3 Å². The zero-order chi connectivity index (χ0) is 104. The van der Waals surface area contributed by atoms with Crippen molar-refractivity contribution in [2.24, 2.45) is 17.8 Å². The van der Waals surface area contributed by atoms with Crippen molar-refractivity contribution >= 4 is 123 Å². The molecule has 3 heterocycles. The number of rotatable bonds is 63. The van der Waals surface area contributed by atoms with Gasteiger partial charge in [-0.3, -0.25) is 93.5 Å². The molecule has 0 aliphatic carbocycles. The first-order chi connectivity index (χ1) is 67.2. The number of ketones is 1. The van der Waals surface area contributed by atoms with Gasteiger partial charge in [0.25, 0.3) is 0 Å². The lowest BCUT2D eigenvalue weighted by atomic mass is 9.80. The summed E-state index contributed by atoms with van der Waals surface area (Å²) in [4.78, 5) is 210. The van der Waals surface area contributed by atoms with Gasteiger partial charge in [-0.15, -0.1) is 0 Å². The molecular formula is C98H144N8O32PS2-. The number of nitrogens with one attached hydrogen (secondary N) is 6. The number of amides is 8. The fourth-order valence-electron chi connectivity index (χ4n) is 16.8. The molecule has 0 radical (unpaired) electrons. The Labute approximate surface area is 833 Å². The van der Waals surface area contributed by atoms with Gasteiger partial charge < -0.3 is 117 Å². The molecule has 6 rings (SSSR count). The van der Waals surface area contributed by atoms with E-state index in [-0.39, 0.29) is 186 Å². The predicted octanol–water partition coefficient (Wildman–Crippen LogP) is 7.49. The van der Waals surface area contributed by atoms with Crippen LogP contribution in [-0.2, 0) is 169 Å². The fourth-order valence-corrected chi connectivity index (χ4v) is 17.7. The van der Waals surface area contributed by atoms with Crippen molar-refractivity contribution in [3.63, 3.8) is 0 Å². The van der Waals surface area contributed by atoms with Crippen LogP contribution >= 0.6 is 8.02 Å². The maximum Gasteiger partial charge on any atom is 0.306 e. The molecule has 3 aromatic carbocycles. The Hall–Kier alpha value is -10.4. The number of esters is 7. The molecule has 40 nitrogen and oxygen atoms in total. The van der Waals surface area contributed by atoms with E-state index in [0.717, 1.165) is 0 Å². The standard InChI is InChI=1S/C98H144N8O32PS2/c1-61-89(101-64(4)107)95(136-80(58-128-67(7)110)92(61)132-70(10)113)125-53-25-21-33-76(116)32-20-24-49-105(87(121)37-23-27-55-127-97-91(103-66(6)109)63(3)94(134-72(12)115)82(138-97)60-130-69(9)112)51-29-52-106(50-28-48-99-83(117)35-22-26-54-126-96-90(102-65(5)108)62(2)93(133-71(11)114)81(137-96)59-129-68(8)111)86(120)36-19-18-34-84(118)100-56-79(135-88(122)47-46-85(119)104-141(139)140)57-131-98(73-30-16-15-17-31-73,74-38-42-77(123-13)43-39-74)75-40-44-78(124-14)45-41-75/h15-17,30-31,38-45,61-63,79-82,89-97,139H,18-29,32-37,46-60H2,1-14H3,(H,99,117)(H,100,118)(H,101,107)(H,102,108)(H,103,109)(H,104,119,140)/q-1/t61-,62-,63-,79?,80?,81?,82?,89?,90?,91?,92-,93-,94-,95-,96-,97-/m1/s1. The quantitative estimate of drug-likeness (QED) is 0.00796. The average molecular weight is 2040 g/mol. The lowest BCUT2D eigenvalue weighted by Crippen LogP contribution is -2.62. The molecule has 3 aliphatic rings. The van der Waals surface area contributed by atoms with Crippen molar-refractivity contribution < 1.29 is 153 Å². The second kappa shape index (κ2) is 63.6. The van der Waals surface area contributed by atoms with E-state index in [0.29, 0.717) is 86.0 Å². The summed E-state index contributed by atoms with van der Waals surface area (Å²) in [6.07, 6.45) is -5.97. The van der Waals surface area contributed by atoms with E-state index in [1.807, 2.05) is 54.6 Å². The van der Waals surface area contributed by atoms with Gasteiger partial charge in [-0.25, -0.2) is 11.2 Å². The fraction of sp³-hybridized carbons (Fsp3) is 0.653. The van der Waals surface area contributed by atoms with Crippen molar-refractivity contribution in [2.75, 3.05) is 99.7 Å². The highest BCUT2D eigenvalue weighted by atomic mass is 32.9. The van der Waals surface area contributed by atoms with Gasteiger partial charge in [0.2, 0.25) is 47.3 Å². The topological polar surface area (TPSA) is 499 Å². The maximum absolute atomic E-state index is 14.7. The van der Waals surface area contributed by atoms with Crippen LogP contribution in [0.2, 0.25) is 0 Å². The van der Waals surface area contributed by atoms with Crippen molar-refractivity contribution in [1.82, 2.24) is 41.1 Å². The van der Waals surface area contributed by atoms with Gasteiger partial charge in [-0.2, -0.15) is 0 Å². The minimum Gasteiger partial charge on any atom is -0.497 e. The van der Waals surface area contributed by atoms with E-state index in [9.17, 15) is 76.7 Å². The van der Waals surface area contributed by atoms with Crippen molar-refractivity contribution in [1.29, 1.82) is 0 Å². The van der Waals surface area contributed by atoms with Crippen LogP contribution < -0.4 is 40.8 Å². The molecule has 3 aromatic rings. The lowest BCUT2D eigenvalue weighted by molar-refractivity contribution is -0.262. The number of carbonyl (C=O) groups is 16. The summed E-state index contributed by atoms with van der Waals surface area (Å²) in [6, 6.07) is 21.6. The van der Waals surface area contributed by atoms with Gasteiger partial charge in [-0.05, 0) is 118 Å². The lowest BCUT2D eigenvalue weighted by Gasteiger charge is -2.44. The van der Waals surface area contributed by atoms with E-state index in [1.54, 1.807) is 69.1 Å². The molecule has 6 N–H and O–H groups in total. The minimum absolute atomic E-state index is 0.0206. The van der Waals surface area contributed by atoms with Gasteiger partial charge in [0.15, 0.2) is 18.9 Å². The number of hydrogen-bond donors (Lipinski definition) is 6. The third-order valence-corrected chi connectivity index (χ3v) is 24.7. The van der Waals surface area contributed by atoms with Crippen LogP contribution in [0, 0.1) is 17.8 Å². The SMILES string of the molecule is COc1ccc(C(OCC(CNC(=O)CCCCC(=O)N(CCCNC(=O)CCCCO[C@@H]2OC(COC(C)=O)[C@H](OC(C)=O)[C@H](C)C2NC(C)=O)CCCN(CCCCC(=O)CCCCO[C@@H]2OC(COC(C)=O)[C@H](OC(C)=O)[C@H](C)C2NC(C)=O)C(=O)CCCCO[C@@H]2OC(COC(C)=O)[C@H](OC(C)=O)[C@H](C)C2NC(C)=O)OC(=O)CCC(=O)N[S-](=P)=S)(c2ccccc2)c2ccc(OC)cc2)cc1. The highest BCUT2D eigenvalue weighted by molar-refractivity contribution is 8.38. The number of nitrogens with zero attached hydrogens (tertiary/aromatic N) is 2. The Kier molecular flexibility index (Phi) is 53.8. The first-order valence-electron chi connectivity index (χ1n) is 48.0. The summed E-state index contributed by atoms with van der Waals surface area (Å²) in [6.45, 7) is 16.3. The molecule has 43 heteroatoms. The summed E-state index contributed by atoms with van der Waals surface area (Å²) >= 11 is 5.08. The zero-order valence-corrected chi connectivity index (χ0v) is 86.0. The summed E-state index contributed by atoms with van der Waals surface area (Å²) in [7, 11) is 5.24. The van der Waals surface area contributed by atoms with Gasteiger partial charge in [-0.1, -0.05) is 75.4 Å². The van der Waals surface area contributed by atoms with Crippen LogP contribution in [-0.4, -0.2) is 284 Å². The summed E-state index contributed by atoms with van der Waals surface area (Å²) in [5.41, 5.74) is 0.685. The molecule has 3 aliphatic heterocycles. The molecule has 0 saturated carbocycles. The molecule has 0 bridgehead atoms. The predicted molar refractivity (Wildman–Crippen MR) is 517 cm³/mol. The molecule has 0 spiro atoms. The molecule has 786 valence electrons. The van der Waals surface area contributed by atoms with E-state index < -0.39 is 177 Å². The second-order valence-electron chi connectivity index (χ2n) is 35.0. The minimum atomic E-state index is -1.37. The molecule has 141 heavy (non-hydrogen) atoms. The van der Waals surface area contributed by atoms with Gasteiger partial charge in [0.05, 0.1) is 51.9 Å². The summed E-state index contributed by atoms with van der Waals surface area (Å²) < 4.78 is 96.3. The average Bonchev–Trinajstić information content (AvgIpc) is 0.750. The van der Waals surface area contributed by atoms with E-state index in [4.69, 9.17) is 87.0 Å². The van der Waals surface area contributed by atoms with Gasteiger partial charge in [0, 0.05) is 178 Å². The van der Waals surface area contributed by atoms with Crippen LogP contribution in [0.15, 0.2) is 78.9 Å². The van der Waals surface area contributed by atoms with Gasteiger partial charge in [0.1, 0.15) is 85.4 Å². The molecule has 0 aromatic heterocycles. The second-order valence-corrected chi connectivity index (χ2v) is 38.9. The number of unbranched alkanes of at least 4 members (excludes halogenated alkanes) is 5. The molecule has 3 saturated heterocycles. The normalized spacial score (nSPS) is 21.1. The Balaban J connectivity index is 1.18. The Morgan fingerprint density at radius 2 is 0.780 bits per heavy atom. The number of Topliss-reactive ketones (excluding diaryl/α,β-unsaturated/α-hetero) is 1. The monoisotopic (exact) mass is 2040 g/mol. The Morgan fingerprint density at radius 1 is 0.418 bits per heavy atom. The number of ether oxygens (including phenoxy) is 16. The van der Waals surface area contributed by atoms with Crippen molar-refractivity contribution in [3.05, 3.63) is 95.6 Å². The number of benzene rings is 3. The molecule has 8 amide bonds. The van der Waals surface area contributed by atoms with E-state index >= 15 is 0 Å². The Bertz CT molecular complexity index is 4550. The molecule has 16 atom stereocenters. The maximum atomic E-state index is 14.7. The largest absolute Gasteiger partial charge is 0.497 e. The van der Waals surface area contributed by atoms with Crippen LogP contribution in [0.1, 0.15) is 228 Å². The number of carbonyl (C=O) groups excluding carboxylic acids is 16. The third-order valence-electron chi connectivity index (χ3n) is 23.7.